The Hall–Kier alpha value is -2.61. The van der Waals surface area contributed by atoms with Gasteiger partial charge in [0.2, 0.25) is 10.0 Å². The van der Waals surface area contributed by atoms with Crippen molar-refractivity contribution in [3.05, 3.63) is 47.8 Å². The van der Waals surface area contributed by atoms with Gasteiger partial charge in [-0.15, -0.1) is 0 Å². The maximum atomic E-state index is 13.4. The van der Waals surface area contributed by atoms with Crippen molar-refractivity contribution in [2.45, 2.75) is 48.9 Å². The fourth-order valence-electron chi connectivity index (χ4n) is 5.16. The van der Waals surface area contributed by atoms with Crippen LogP contribution in [-0.2, 0) is 20.9 Å². The normalized spacial score (nSPS) is 20.6. The van der Waals surface area contributed by atoms with Crippen molar-refractivity contribution < 1.29 is 26.3 Å². The summed E-state index contributed by atoms with van der Waals surface area (Å²) in [6, 6.07) is 8.42. The van der Waals surface area contributed by atoms with Crippen LogP contribution in [-0.4, -0.2) is 50.7 Å². The molecule has 0 N–H and O–H groups in total. The second kappa shape index (κ2) is 8.75. The zero-order chi connectivity index (χ0) is 25.1. The van der Waals surface area contributed by atoms with Crippen molar-refractivity contribution in [1.29, 1.82) is 0 Å². The average Bonchev–Trinajstić information content (AvgIpc) is 3.62. The number of nitrogens with zero attached hydrogens (tertiary/aromatic N) is 5. The number of aromatic nitrogens is 4. The average molecular weight is 538 g/mol. The lowest BCUT2D eigenvalue weighted by atomic mass is 10.1. The monoisotopic (exact) mass is 537 g/mol. The van der Waals surface area contributed by atoms with Crippen LogP contribution in [0.25, 0.3) is 22.1 Å². The minimum Gasteiger partial charge on any atom is -0.370 e. The smallest absolute Gasteiger partial charge is 0.370 e. The highest BCUT2D eigenvalue weighted by atomic mass is 32.2. The zero-order valence-electron chi connectivity index (χ0n) is 19.0. The minimum atomic E-state index is -4.46. The van der Waals surface area contributed by atoms with Gasteiger partial charge in [-0.1, -0.05) is 6.07 Å². The summed E-state index contributed by atoms with van der Waals surface area (Å²) in [7, 11) is -3.78. The van der Waals surface area contributed by atoms with Crippen LogP contribution < -0.4 is 0 Å². The molecule has 0 amide bonds. The second-order valence-corrected chi connectivity index (χ2v) is 11.5. The predicted molar refractivity (Wildman–Crippen MR) is 127 cm³/mol. The van der Waals surface area contributed by atoms with Gasteiger partial charge in [-0.2, -0.15) is 26.2 Å². The van der Waals surface area contributed by atoms with Gasteiger partial charge in [0.1, 0.15) is 27.9 Å². The third kappa shape index (κ3) is 3.98. The number of imidazole rings is 1. The molecule has 8 nitrogen and oxygen atoms in total. The van der Waals surface area contributed by atoms with Crippen molar-refractivity contribution in [2.75, 3.05) is 19.7 Å². The topological polar surface area (TPSA) is 90.2 Å². The van der Waals surface area contributed by atoms with Crippen LogP contribution in [0, 0.1) is 0 Å². The van der Waals surface area contributed by atoms with E-state index in [0.717, 1.165) is 36.7 Å². The van der Waals surface area contributed by atoms with Crippen LogP contribution in [0.2, 0.25) is 0 Å². The fourth-order valence-corrected chi connectivity index (χ4v) is 7.38. The Morgan fingerprint density at radius 3 is 2.56 bits per heavy atom. The number of piperidine rings is 1. The van der Waals surface area contributed by atoms with Gasteiger partial charge in [-0.25, -0.2) is 13.4 Å². The van der Waals surface area contributed by atoms with E-state index in [1.807, 2.05) is 4.57 Å². The molecule has 0 radical (unpaired) electrons. The Morgan fingerprint density at radius 1 is 1.03 bits per heavy atom. The Morgan fingerprint density at radius 2 is 1.83 bits per heavy atom. The first-order valence-corrected chi connectivity index (χ1v) is 13.8. The number of ether oxygens (including phenoxy) is 1. The van der Waals surface area contributed by atoms with E-state index in [9.17, 15) is 21.6 Å². The Bertz CT molecular complexity index is 1540. The van der Waals surface area contributed by atoms with Gasteiger partial charge in [0.15, 0.2) is 0 Å². The van der Waals surface area contributed by atoms with Gasteiger partial charge >= 0.3 is 6.18 Å². The number of benzene rings is 2. The van der Waals surface area contributed by atoms with E-state index in [-0.39, 0.29) is 35.6 Å². The van der Waals surface area contributed by atoms with Crippen molar-refractivity contribution >= 4 is 43.8 Å². The SMILES string of the molecule is O=S(=O)(c1cccc2nsnc12)N1CCC(n2c(C3CCCO3)nc3cc(C(F)(F)F)ccc32)CC1. The number of hydrogen-bond acceptors (Lipinski definition) is 7. The maximum Gasteiger partial charge on any atom is 0.416 e. The minimum absolute atomic E-state index is 0.117. The molecule has 13 heteroatoms. The van der Waals surface area contributed by atoms with Crippen LogP contribution in [0.3, 0.4) is 0 Å². The molecule has 0 aliphatic carbocycles. The summed E-state index contributed by atoms with van der Waals surface area (Å²) in [5.41, 5.74) is 1.04. The summed E-state index contributed by atoms with van der Waals surface area (Å²) < 4.78 is 84.4. The summed E-state index contributed by atoms with van der Waals surface area (Å²) in [5, 5.41) is 0. The highest BCUT2D eigenvalue weighted by Crippen LogP contribution is 2.39. The first kappa shape index (κ1) is 23.8. The molecule has 190 valence electrons. The number of alkyl halides is 3. The lowest BCUT2D eigenvalue weighted by Crippen LogP contribution is -2.39. The molecule has 1 unspecified atom stereocenters. The standard InChI is InChI=1S/C23H22F3N5O3S2/c24-23(25,26)14-6-7-18-17(13-14)27-22(19-4-2-12-34-19)31(18)15-8-10-30(11-9-15)36(32,33)20-5-1-3-16-21(20)29-35-28-16/h1,3,5-7,13,15,19H,2,4,8-12H2. The van der Waals surface area contributed by atoms with Crippen molar-refractivity contribution in [3.8, 4) is 0 Å². The Labute approximate surface area is 209 Å². The van der Waals surface area contributed by atoms with E-state index >= 15 is 0 Å². The van der Waals surface area contributed by atoms with Crippen molar-refractivity contribution in [2.24, 2.45) is 0 Å². The molecular formula is C23H22F3N5O3S2. The van der Waals surface area contributed by atoms with Crippen LogP contribution in [0.5, 0.6) is 0 Å². The first-order chi connectivity index (χ1) is 17.2. The van der Waals surface area contributed by atoms with Crippen LogP contribution in [0.1, 0.15) is 49.2 Å². The van der Waals surface area contributed by atoms with Gasteiger partial charge in [-0.05, 0) is 56.0 Å². The molecule has 0 bridgehead atoms. The molecule has 0 saturated carbocycles. The van der Waals surface area contributed by atoms with Gasteiger partial charge in [0, 0.05) is 25.7 Å². The molecule has 1 atom stereocenters. The molecule has 4 heterocycles. The second-order valence-electron chi connectivity index (χ2n) is 9.07. The van der Waals surface area contributed by atoms with E-state index in [4.69, 9.17) is 4.74 Å². The Balaban J connectivity index is 1.32. The van der Waals surface area contributed by atoms with Gasteiger partial charge < -0.3 is 9.30 Å². The molecule has 36 heavy (non-hydrogen) atoms. The number of halogens is 3. The fraction of sp³-hybridized carbons (Fsp3) is 0.435. The largest absolute Gasteiger partial charge is 0.416 e. The number of hydrogen-bond donors (Lipinski definition) is 0. The lowest BCUT2D eigenvalue weighted by Gasteiger charge is -2.33. The summed E-state index contributed by atoms with van der Waals surface area (Å²) in [6.07, 6.45) is -2.16. The molecule has 2 aromatic carbocycles. The van der Waals surface area contributed by atoms with Gasteiger partial charge in [-0.3, -0.25) is 0 Å². The molecule has 2 aliphatic heterocycles. The Kier molecular flexibility index (Phi) is 5.78. The van der Waals surface area contributed by atoms with Crippen LogP contribution >= 0.6 is 11.7 Å². The number of fused-ring (bicyclic) bond motifs is 2. The summed E-state index contributed by atoms with van der Waals surface area (Å²) >= 11 is 0.970. The molecule has 2 aliphatic rings. The maximum absolute atomic E-state index is 13.4. The quantitative estimate of drug-likeness (QED) is 0.367. The van der Waals surface area contributed by atoms with Gasteiger partial charge in [0.05, 0.1) is 28.3 Å². The number of sulfonamides is 1. The summed E-state index contributed by atoms with van der Waals surface area (Å²) in [4.78, 5) is 4.72. The molecular weight excluding hydrogens is 515 g/mol. The molecule has 0 spiro atoms. The van der Waals surface area contributed by atoms with E-state index < -0.39 is 21.8 Å². The lowest BCUT2D eigenvalue weighted by molar-refractivity contribution is -0.137. The molecule has 2 fully saturated rings. The summed E-state index contributed by atoms with van der Waals surface area (Å²) in [6.45, 7) is 1.12. The third-order valence-corrected chi connectivity index (χ3v) is 9.39. The molecule has 4 aromatic rings. The third-order valence-electron chi connectivity index (χ3n) is 6.92. The van der Waals surface area contributed by atoms with Gasteiger partial charge in [0.25, 0.3) is 0 Å². The van der Waals surface area contributed by atoms with Crippen LogP contribution in [0.15, 0.2) is 41.3 Å². The summed E-state index contributed by atoms with van der Waals surface area (Å²) in [5.74, 6) is 0.612. The van der Waals surface area contributed by atoms with Crippen LogP contribution in [0.4, 0.5) is 13.2 Å². The molecule has 6 rings (SSSR count). The predicted octanol–water partition coefficient (Wildman–Crippen LogP) is 4.94. The molecule has 2 saturated heterocycles. The van der Waals surface area contributed by atoms with E-state index in [1.54, 1.807) is 18.2 Å². The highest BCUT2D eigenvalue weighted by Gasteiger charge is 2.36. The van der Waals surface area contributed by atoms with E-state index in [1.165, 1.54) is 10.4 Å². The van der Waals surface area contributed by atoms with Crippen molar-refractivity contribution in [1.82, 2.24) is 22.6 Å². The van der Waals surface area contributed by atoms with E-state index in [0.29, 0.717) is 41.8 Å². The van der Waals surface area contributed by atoms with E-state index in [2.05, 4.69) is 13.7 Å². The highest BCUT2D eigenvalue weighted by molar-refractivity contribution is 7.89. The molecule has 2 aromatic heterocycles. The first-order valence-electron chi connectivity index (χ1n) is 11.7. The van der Waals surface area contributed by atoms with Crippen molar-refractivity contribution in [3.63, 3.8) is 0 Å². The zero-order valence-corrected chi connectivity index (χ0v) is 20.6. The number of rotatable bonds is 4.